The lowest BCUT2D eigenvalue weighted by Crippen LogP contribution is -2.38. The van der Waals surface area contributed by atoms with E-state index >= 15 is 0 Å². The molecule has 2 heterocycles. The highest BCUT2D eigenvalue weighted by Gasteiger charge is 2.18. The van der Waals surface area contributed by atoms with Crippen molar-refractivity contribution in [2.24, 2.45) is 14.1 Å². The van der Waals surface area contributed by atoms with Crippen LogP contribution in [0.3, 0.4) is 0 Å². The molecule has 3 aromatic rings. The predicted molar refractivity (Wildman–Crippen MR) is 105 cm³/mol. The summed E-state index contributed by atoms with van der Waals surface area (Å²) in [4.78, 5) is 41.2. The summed E-state index contributed by atoms with van der Waals surface area (Å²) in [7, 11) is 4.52. The molecule has 0 saturated heterocycles. The van der Waals surface area contributed by atoms with Crippen LogP contribution >= 0.6 is 0 Å². The Morgan fingerprint density at radius 1 is 1.25 bits per heavy atom. The summed E-state index contributed by atoms with van der Waals surface area (Å²) >= 11 is 0. The lowest BCUT2D eigenvalue weighted by molar-refractivity contribution is -0.122. The summed E-state index contributed by atoms with van der Waals surface area (Å²) in [5.41, 5.74) is 1.42. The lowest BCUT2D eigenvalue weighted by atomic mass is 10.0. The van der Waals surface area contributed by atoms with Crippen molar-refractivity contribution >= 4 is 17.1 Å². The molecule has 0 aliphatic heterocycles. The third-order valence-electron chi connectivity index (χ3n) is 4.76. The van der Waals surface area contributed by atoms with Gasteiger partial charge in [-0.1, -0.05) is 17.7 Å². The highest BCUT2D eigenvalue weighted by atomic mass is 16.5. The van der Waals surface area contributed by atoms with E-state index in [1.165, 1.54) is 29.6 Å². The van der Waals surface area contributed by atoms with E-state index in [0.29, 0.717) is 5.75 Å². The Kier molecular flexibility index (Phi) is 5.08. The standard InChI is InChI=1S/C19H23N5O4/c1-11-6-7-14(28-5)13(8-11)12(2)21-15(25)9-24-10-20-17-16(24)18(26)23(4)19(27)22(17)3/h6-8,10,12H,9H2,1-5H3,(H,21,25). The van der Waals surface area contributed by atoms with Crippen LogP contribution in [0, 0.1) is 6.92 Å². The highest BCUT2D eigenvalue weighted by Crippen LogP contribution is 2.26. The molecule has 148 valence electrons. The zero-order valence-electron chi connectivity index (χ0n) is 16.5. The van der Waals surface area contributed by atoms with Crippen LogP contribution in [0.2, 0.25) is 0 Å². The van der Waals surface area contributed by atoms with Gasteiger partial charge >= 0.3 is 5.69 Å². The molecule has 1 atom stereocenters. The van der Waals surface area contributed by atoms with Crippen molar-refractivity contribution in [3.05, 3.63) is 56.5 Å². The SMILES string of the molecule is COc1ccc(C)cc1C(C)NC(=O)Cn1cnc2c1c(=O)n(C)c(=O)n2C. The normalized spacial score (nSPS) is 12.2. The van der Waals surface area contributed by atoms with E-state index in [1.807, 2.05) is 32.0 Å². The number of imidazole rings is 1. The van der Waals surface area contributed by atoms with Crippen LogP contribution in [0.25, 0.3) is 11.2 Å². The first-order valence-electron chi connectivity index (χ1n) is 8.79. The summed E-state index contributed by atoms with van der Waals surface area (Å²) < 4.78 is 9.11. The van der Waals surface area contributed by atoms with E-state index in [4.69, 9.17) is 4.74 Å². The second-order valence-electron chi connectivity index (χ2n) is 6.79. The molecule has 0 saturated carbocycles. The zero-order valence-corrected chi connectivity index (χ0v) is 16.5. The molecule has 2 aromatic heterocycles. The van der Waals surface area contributed by atoms with E-state index in [0.717, 1.165) is 15.7 Å². The van der Waals surface area contributed by atoms with Crippen molar-refractivity contribution in [3.63, 3.8) is 0 Å². The Balaban J connectivity index is 1.88. The summed E-state index contributed by atoms with van der Waals surface area (Å²) in [6.07, 6.45) is 1.39. The van der Waals surface area contributed by atoms with E-state index in [-0.39, 0.29) is 29.7 Å². The predicted octanol–water partition coefficient (Wildman–Crippen LogP) is 0.628. The summed E-state index contributed by atoms with van der Waals surface area (Å²) in [6, 6.07) is 5.47. The summed E-state index contributed by atoms with van der Waals surface area (Å²) in [6.45, 7) is 3.74. The van der Waals surface area contributed by atoms with Crippen molar-refractivity contribution < 1.29 is 9.53 Å². The molecule has 0 aliphatic rings. The smallest absolute Gasteiger partial charge is 0.332 e. The fourth-order valence-corrected chi connectivity index (χ4v) is 3.23. The fraction of sp³-hybridized carbons (Fsp3) is 0.368. The molecule has 0 radical (unpaired) electrons. The second-order valence-corrected chi connectivity index (χ2v) is 6.79. The topological polar surface area (TPSA) is 100 Å². The van der Waals surface area contributed by atoms with Gasteiger partial charge in [0.2, 0.25) is 5.91 Å². The molecule has 9 heteroatoms. The minimum absolute atomic E-state index is 0.0948. The molecular formula is C19H23N5O4. The largest absolute Gasteiger partial charge is 0.496 e. The first-order chi connectivity index (χ1) is 13.2. The average Bonchev–Trinajstić information content (AvgIpc) is 3.08. The fourth-order valence-electron chi connectivity index (χ4n) is 3.23. The molecule has 0 fully saturated rings. The highest BCUT2D eigenvalue weighted by molar-refractivity contribution is 5.79. The molecule has 1 aromatic carbocycles. The van der Waals surface area contributed by atoms with Crippen LogP contribution < -0.4 is 21.3 Å². The molecular weight excluding hydrogens is 362 g/mol. The van der Waals surface area contributed by atoms with Crippen LogP contribution in [-0.2, 0) is 25.4 Å². The van der Waals surface area contributed by atoms with Gasteiger partial charge in [-0.3, -0.25) is 18.7 Å². The van der Waals surface area contributed by atoms with E-state index in [1.54, 1.807) is 7.11 Å². The molecule has 0 bridgehead atoms. The number of aromatic nitrogens is 4. The number of nitrogens with zero attached hydrogens (tertiary/aromatic N) is 4. The van der Waals surface area contributed by atoms with Gasteiger partial charge in [-0.05, 0) is 19.9 Å². The Morgan fingerprint density at radius 3 is 2.64 bits per heavy atom. The zero-order chi connectivity index (χ0) is 20.6. The number of aryl methyl sites for hydroxylation is 2. The third kappa shape index (κ3) is 3.30. The maximum atomic E-state index is 12.6. The Hall–Kier alpha value is -3.36. The Bertz CT molecular complexity index is 1170. The first-order valence-corrected chi connectivity index (χ1v) is 8.79. The van der Waals surface area contributed by atoms with Crippen molar-refractivity contribution in [1.82, 2.24) is 24.0 Å². The minimum Gasteiger partial charge on any atom is -0.496 e. The summed E-state index contributed by atoms with van der Waals surface area (Å²) in [5.74, 6) is 0.404. The molecule has 3 rings (SSSR count). The van der Waals surface area contributed by atoms with Crippen molar-refractivity contribution in [2.75, 3.05) is 7.11 Å². The third-order valence-corrected chi connectivity index (χ3v) is 4.76. The van der Waals surface area contributed by atoms with Crippen LogP contribution in [0.4, 0.5) is 0 Å². The van der Waals surface area contributed by atoms with Crippen molar-refractivity contribution in [2.45, 2.75) is 26.4 Å². The molecule has 0 aliphatic carbocycles. The Labute approximate surface area is 161 Å². The van der Waals surface area contributed by atoms with Crippen molar-refractivity contribution in [1.29, 1.82) is 0 Å². The van der Waals surface area contributed by atoms with Gasteiger partial charge in [0.1, 0.15) is 12.3 Å². The molecule has 0 spiro atoms. The first kappa shape index (κ1) is 19.4. The maximum Gasteiger partial charge on any atom is 0.332 e. The number of amides is 1. The van der Waals surface area contributed by atoms with Crippen LogP contribution in [0.1, 0.15) is 24.1 Å². The number of carbonyl (C=O) groups excluding carboxylic acids is 1. The van der Waals surface area contributed by atoms with E-state index in [9.17, 15) is 14.4 Å². The monoisotopic (exact) mass is 385 g/mol. The number of hydrogen-bond donors (Lipinski definition) is 1. The quantitative estimate of drug-likeness (QED) is 0.694. The number of hydrogen-bond acceptors (Lipinski definition) is 5. The molecule has 1 unspecified atom stereocenters. The molecule has 1 N–H and O–H groups in total. The molecule has 9 nitrogen and oxygen atoms in total. The van der Waals surface area contributed by atoms with Gasteiger partial charge < -0.3 is 14.6 Å². The molecule has 28 heavy (non-hydrogen) atoms. The number of methoxy groups -OCH3 is 1. The number of benzene rings is 1. The van der Waals surface area contributed by atoms with Crippen molar-refractivity contribution in [3.8, 4) is 5.75 Å². The average molecular weight is 385 g/mol. The van der Waals surface area contributed by atoms with Gasteiger partial charge in [-0.15, -0.1) is 0 Å². The van der Waals surface area contributed by atoms with Gasteiger partial charge in [0.25, 0.3) is 5.56 Å². The van der Waals surface area contributed by atoms with E-state index < -0.39 is 11.2 Å². The Morgan fingerprint density at radius 2 is 1.96 bits per heavy atom. The number of rotatable bonds is 5. The van der Waals surface area contributed by atoms with E-state index in [2.05, 4.69) is 10.3 Å². The lowest BCUT2D eigenvalue weighted by Gasteiger charge is -2.18. The second kappa shape index (κ2) is 7.34. The number of carbonyl (C=O) groups is 1. The van der Waals surface area contributed by atoms with Gasteiger partial charge in [0, 0.05) is 19.7 Å². The molecule has 1 amide bonds. The van der Waals surface area contributed by atoms with Crippen LogP contribution in [-0.4, -0.2) is 31.7 Å². The van der Waals surface area contributed by atoms with Gasteiger partial charge in [0.15, 0.2) is 11.2 Å². The number of nitrogens with one attached hydrogen (secondary N) is 1. The van der Waals surface area contributed by atoms with Crippen LogP contribution in [0.15, 0.2) is 34.1 Å². The summed E-state index contributed by atoms with van der Waals surface area (Å²) in [5, 5.41) is 2.92. The number of fused-ring (bicyclic) bond motifs is 1. The van der Waals surface area contributed by atoms with Crippen LogP contribution in [0.5, 0.6) is 5.75 Å². The van der Waals surface area contributed by atoms with Gasteiger partial charge in [-0.2, -0.15) is 0 Å². The minimum atomic E-state index is -0.489. The number of ether oxygens (including phenoxy) is 1. The maximum absolute atomic E-state index is 12.6. The van der Waals surface area contributed by atoms with Gasteiger partial charge in [0.05, 0.1) is 19.5 Å². The van der Waals surface area contributed by atoms with Gasteiger partial charge in [-0.25, -0.2) is 9.78 Å².